The van der Waals surface area contributed by atoms with E-state index < -0.39 is 5.92 Å². The third-order valence-electron chi connectivity index (χ3n) is 5.40. The summed E-state index contributed by atoms with van der Waals surface area (Å²) in [5, 5.41) is 9.98. The zero-order valence-corrected chi connectivity index (χ0v) is 16.4. The minimum Gasteiger partial charge on any atom is -0.335 e. The number of aromatic nitrogens is 4. The van der Waals surface area contributed by atoms with Crippen LogP contribution in [0.3, 0.4) is 0 Å². The average Bonchev–Trinajstić information content (AvgIpc) is 3.52. The second kappa shape index (κ2) is 7.98. The van der Waals surface area contributed by atoms with Gasteiger partial charge in [0.15, 0.2) is 5.82 Å². The molecule has 2 aliphatic rings. The summed E-state index contributed by atoms with van der Waals surface area (Å²) in [6.07, 6.45) is 9.71. The Balaban J connectivity index is 1.37. The molecular formula is C21H24N6O2. The fraction of sp³-hybridized carbons (Fsp3) is 0.381. The second-order valence-corrected chi connectivity index (χ2v) is 7.49. The molecule has 1 aliphatic heterocycles. The largest absolute Gasteiger partial charge is 0.335 e. The predicted octanol–water partition coefficient (Wildman–Crippen LogP) is 2.62. The van der Waals surface area contributed by atoms with Crippen LogP contribution in [-0.2, 0) is 9.59 Å². The molecule has 8 nitrogen and oxygen atoms in total. The number of rotatable bonds is 6. The number of nitrogens with one attached hydrogen (secondary N) is 2. The molecule has 0 aromatic carbocycles. The Kier molecular flexibility index (Phi) is 5.24. The van der Waals surface area contributed by atoms with Gasteiger partial charge in [0.2, 0.25) is 11.8 Å². The van der Waals surface area contributed by atoms with Crippen LogP contribution in [-0.4, -0.2) is 50.0 Å². The van der Waals surface area contributed by atoms with Crippen LogP contribution < -0.4 is 5.32 Å². The third kappa shape index (κ3) is 4.26. The molecule has 2 aromatic heterocycles. The Morgan fingerprint density at radius 3 is 2.79 bits per heavy atom. The first kappa shape index (κ1) is 19.0. The van der Waals surface area contributed by atoms with Gasteiger partial charge in [0.05, 0.1) is 23.5 Å². The lowest BCUT2D eigenvalue weighted by Crippen LogP contribution is -2.33. The number of H-pyrrole nitrogens is 1. The van der Waals surface area contributed by atoms with Gasteiger partial charge in [0.25, 0.3) is 0 Å². The number of amides is 2. The molecule has 2 amide bonds. The number of hydrogen-bond acceptors (Lipinski definition) is 5. The van der Waals surface area contributed by atoms with Crippen LogP contribution in [0.15, 0.2) is 37.2 Å². The van der Waals surface area contributed by atoms with Crippen molar-refractivity contribution in [3.8, 4) is 0 Å². The summed E-state index contributed by atoms with van der Waals surface area (Å²) in [5.41, 5.74) is 3.50. The standard InChI is InChI=1S/C21H24N6O2/c1-3-20(28)27-8-6-15(7-9-27)18-12-22-17(11-23-18)13(2)21(29)24-19-10-16(25-26-19)14-4-5-14/h3,6,10-14H,1,4-5,7-9H2,2H3,(H2,24,25,26,29). The molecule has 1 aliphatic carbocycles. The molecule has 0 bridgehead atoms. The van der Waals surface area contributed by atoms with Crippen LogP contribution in [0.2, 0.25) is 0 Å². The van der Waals surface area contributed by atoms with E-state index in [1.54, 1.807) is 24.2 Å². The Morgan fingerprint density at radius 1 is 1.34 bits per heavy atom. The second-order valence-electron chi connectivity index (χ2n) is 7.49. The topological polar surface area (TPSA) is 104 Å². The average molecular weight is 392 g/mol. The van der Waals surface area contributed by atoms with E-state index in [2.05, 4.69) is 32.1 Å². The fourth-order valence-electron chi connectivity index (χ4n) is 3.33. The van der Waals surface area contributed by atoms with Crippen molar-refractivity contribution in [2.24, 2.45) is 0 Å². The van der Waals surface area contributed by atoms with Crippen LogP contribution >= 0.6 is 0 Å². The molecule has 150 valence electrons. The molecule has 0 spiro atoms. The minimum absolute atomic E-state index is 0.0669. The van der Waals surface area contributed by atoms with Crippen LogP contribution in [0.25, 0.3) is 5.57 Å². The Hall–Kier alpha value is -3.29. The van der Waals surface area contributed by atoms with E-state index in [-0.39, 0.29) is 11.8 Å². The zero-order chi connectivity index (χ0) is 20.4. The Bertz CT molecular complexity index is 958. The maximum atomic E-state index is 12.5. The number of hydrogen-bond donors (Lipinski definition) is 2. The van der Waals surface area contributed by atoms with Crippen molar-refractivity contribution in [3.63, 3.8) is 0 Å². The van der Waals surface area contributed by atoms with Crippen LogP contribution in [0, 0.1) is 0 Å². The summed E-state index contributed by atoms with van der Waals surface area (Å²) in [4.78, 5) is 34.9. The predicted molar refractivity (Wildman–Crippen MR) is 109 cm³/mol. The quantitative estimate of drug-likeness (QED) is 0.736. The summed E-state index contributed by atoms with van der Waals surface area (Å²) in [7, 11) is 0. The molecule has 29 heavy (non-hydrogen) atoms. The molecule has 0 saturated heterocycles. The van der Waals surface area contributed by atoms with E-state index in [9.17, 15) is 9.59 Å². The van der Waals surface area contributed by atoms with E-state index in [4.69, 9.17) is 0 Å². The maximum Gasteiger partial charge on any atom is 0.246 e. The lowest BCUT2D eigenvalue weighted by atomic mass is 10.0. The highest BCUT2D eigenvalue weighted by Gasteiger charge is 2.26. The zero-order valence-electron chi connectivity index (χ0n) is 16.4. The lowest BCUT2D eigenvalue weighted by Gasteiger charge is -2.25. The fourth-order valence-corrected chi connectivity index (χ4v) is 3.33. The van der Waals surface area contributed by atoms with Gasteiger partial charge in [-0.2, -0.15) is 5.10 Å². The highest BCUT2D eigenvalue weighted by molar-refractivity contribution is 5.94. The first-order chi connectivity index (χ1) is 14.0. The van der Waals surface area contributed by atoms with Gasteiger partial charge in [-0.25, -0.2) is 0 Å². The lowest BCUT2D eigenvalue weighted by molar-refractivity contribution is -0.125. The number of carbonyl (C=O) groups excluding carboxylic acids is 2. The summed E-state index contributed by atoms with van der Waals surface area (Å²) in [6.45, 7) is 6.48. The first-order valence-electron chi connectivity index (χ1n) is 9.84. The van der Waals surface area contributed by atoms with Crippen LogP contribution in [0.5, 0.6) is 0 Å². The van der Waals surface area contributed by atoms with Gasteiger partial charge >= 0.3 is 0 Å². The van der Waals surface area contributed by atoms with Crippen molar-refractivity contribution in [2.45, 2.75) is 38.0 Å². The summed E-state index contributed by atoms with van der Waals surface area (Å²) in [5.74, 6) is 0.414. The van der Waals surface area contributed by atoms with Gasteiger partial charge in [-0.1, -0.05) is 12.7 Å². The molecule has 1 saturated carbocycles. The van der Waals surface area contributed by atoms with Gasteiger partial charge in [0.1, 0.15) is 0 Å². The maximum absolute atomic E-state index is 12.5. The van der Waals surface area contributed by atoms with Crippen molar-refractivity contribution < 1.29 is 9.59 Å². The summed E-state index contributed by atoms with van der Waals surface area (Å²) < 4.78 is 0. The molecule has 1 fully saturated rings. The Labute approximate surface area is 169 Å². The molecule has 0 radical (unpaired) electrons. The van der Waals surface area contributed by atoms with Crippen molar-refractivity contribution in [1.82, 2.24) is 25.1 Å². The molecule has 1 unspecified atom stereocenters. The van der Waals surface area contributed by atoms with Crippen LogP contribution in [0.1, 0.15) is 55.1 Å². The number of nitrogens with zero attached hydrogens (tertiary/aromatic N) is 4. The molecule has 4 rings (SSSR count). The summed E-state index contributed by atoms with van der Waals surface area (Å²) in [6, 6.07) is 1.90. The van der Waals surface area contributed by atoms with Gasteiger partial charge in [0, 0.05) is 37.0 Å². The molecule has 2 N–H and O–H groups in total. The van der Waals surface area contributed by atoms with Crippen molar-refractivity contribution >= 4 is 23.2 Å². The number of anilines is 1. The number of aromatic amines is 1. The van der Waals surface area contributed by atoms with Crippen LogP contribution in [0.4, 0.5) is 5.82 Å². The summed E-state index contributed by atoms with van der Waals surface area (Å²) >= 11 is 0. The van der Waals surface area contributed by atoms with Crippen molar-refractivity contribution in [2.75, 3.05) is 18.4 Å². The molecule has 2 aromatic rings. The van der Waals surface area contributed by atoms with E-state index in [1.165, 1.54) is 18.9 Å². The molecule has 1 atom stereocenters. The molecule has 3 heterocycles. The van der Waals surface area contributed by atoms with Gasteiger partial charge in [-0.3, -0.25) is 24.7 Å². The number of carbonyl (C=O) groups is 2. The molecule has 8 heteroatoms. The Morgan fingerprint density at radius 2 is 2.17 bits per heavy atom. The molecular weight excluding hydrogens is 368 g/mol. The normalized spacial score (nSPS) is 17.4. The third-order valence-corrected chi connectivity index (χ3v) is 5.40. The monoisotopic (exact) mass is 392 g/mol. The first-order valence-corrected chi connectivity index (χ1v) is 9.84. The van der Waals surface area contributed by atoms with E-state index >= 15 is 0 Å². The van der Waals surface area contributed by atoms with E-state index in [0.717, 1.165) is 17.0 Å². The highest BCUT2D eigenvalue weighted by Crippen LogP contribution is 2.39. The highest BCUT2D eigenvalue weighted by atomic mass is 16.2. The SMILES string of the molecule is C=CC(=O)N1CC=C(c2cnc(C(C)C(=O)Nc3cc(C4CC4)[nH]n3)cn2)CC1. The van der Waals surface area contributed by atoms with E-state index in [1.807, 2.05) is 12.1 Å². The van der Waals surface area contributed by atoms with Gasteiger partial charge in [-0.15, -0.1) is 0 Å². The van der Waals surface area contributed by atoms with Gasteiger partial charge < -0.3 is 10.2 Å². The smallest absolute Gasteiger partial charge is 0.246 e. The van der Waals surface area contributed by atoms with Gasteiger partial charge in [-0.05, 0) is 37.8 Å². The minimum atomic E-state index is -0.446. The van der Waals surface area contributed by atoms with Crippen molar-refractivity contribution in [1.29, 1.82) is 0 Å². The van der Waals surface area contributed by atoms with Crippen molar-refractivity contribution in [3.05, 3.63) is 54.3 Å². The van der Waals surface area contributed by atoms with E-state index in [0.29, 0.717) is 36.9 Å².